The minimum absolute atomic E-state index is 0.296. The smallest absolute Gasteiger partial charge is 0.260 e. The van der Waals surface area contributed by atoms with Gasteiger partial charge >= 0.3 is 0 Å². The summed E-state index contributed by atoms with van der Waals surface area (Å²) in [4.78, 5) is 4.46. The minimum atomic E-state index is 0.296. The van der Waals surface area contributed by atoms with Crippen LogP contribution in [0.4, 0.5) is 5.69 Å². The van der Waals surface area contributed by atoms with Gasteiger partial charge in [-0.3, -0.25) is 0 Å². The maximum Gasteiger partial charge on any atom is 0.260 e. The summed E-state index contributed by atoms with van der Waals surface area (Å²) < 4.78 is 6.16. The van der Waals surface area contributed by atoms with Crippen molar-refractivity contribution in [1.82, 2.24) is 10.1 Å². The van der Waals surface area contributed by atoms with Crippen molar-refractivity contribution in [2.45, 2.75) is 26.2 Å². The van der Waals surface area contributed by atoms with Gasteiger partial charge in [0.1, 0.15) is 0 Å². The topological polar surface area (TPSA) is 64.9 Å². The van der Waals surface area contributed by atoms with Gasteiger partial charge in [-0.05, 0) is 39.9 Å². The van der Waals surface area contributed by atoms with E-state index in [1.165, 1.54) is 0 Å². The van der Waals surface area contributed by atoms with Crippen molar-refractivity contribution in [2.24, 2.45) is 5.41 Å². The first kappa shape index (κ1) is 11.7. The Morgan fingerprint density at radius 2 is 2.17 bits per heavy atom. The van der Waals surface area contributed by atoms with Gasteiger partial charge in [-0.1, -0.05) is 25.1 Å². The molecule has 0 amide bonds. The van der Waals surface area contributed by atoms with Gasteiger partial charge < -0.3 is 10.3 Å². The number of anilines is 1. The van der Waals surface area contributed by atoms with Gasteiger partial charge in [-0.2, -0.15) is 4.98 Å². The molecule has 1 heterocycles. The summed E-state index contributed by atoms with van der Waals surface area (Å²) in [5.74, 6) is 1.68. The van der Waals surface area contributed by atoms with Crippen molar-refractivity contribution in [3.8, 4) is 11.5 Å². The minimum Gasteiger partial charge on any atom is -0.397 e. The van der Waals surface area contributed by atoms with Crippen LogP contribution < -0.4 is 5.73 Å². The highest BCUT2D eigenvalue weighted by atomic mass is 79.9. The zero-order valence-electron chi connectivity index (χ0n) is 10.3. The first-order chi connectivity index (χ1) is 8.49. The Hall–Kier alpha value is -1.36. The van der Waals surface area contributed by atoms with Crippen LogP contribution in [-0.4, -0.2) is 10.1 Å². The SMILES string of the molecule is CC1(C)CC1c1noc(-c2cccc(Br)c2N)n1. The highest BCUT2D eigenvalue weighted by molar-refractivity contribution is 9.10. The van der Waals surface area contributed by atoms with E-state index in [9.17, 15) is 0 Å². The predicted octanol–water partition coefficient (Wildman–Crippen LogP) is 3.59. The molecule has 3 rings (SSSR count). The van der Waals surface area contributed by atoms with E-state index in [1.807, 2.05) is 18.2 Å². The van der Waals surface area contributed by atoms with Gasteiger partial charge in [0.25, 0.3) is 5.89 Å². The Balaban J connectivity index is 1.96. The molecule has 0 saturated heterocycles. The van der Waals surface area contributed by atoms with Crippen LogP contribution in [0.5, 0.6) is 0 Å². The fraction of sp³-hybridized carbons (Fsp3) is 0.385. The van der Waals surface area contributed by atoms with E-state index >= 15 is 0 Å². The number of para-hydroxylation sites is 1. The van der Waals surface area contributed by atoms with E-state index in [4.69, 9.17) is 10.3 Å². The molecule has 1 fully saturated rings. The number of rotatable bonds is 2. The molecular formula is C13H14BrN3O. The number of nitrogens with two attached hydrogens (primary N) is 1. The third-order valence-corrected chi connectivity index (χ3v) is 4.24. The van der Waals surface area contributed by atoms with E-state index in [2.05, 4.69) is 39.9 Å². The van der Waals surface area contributed by atoms with Crippen LogP contribution in [0, 0.1) is 5.41 Å². The Morgan fingerprint density at radius 1 is 1.44 bits per heavy atom. The Morgan fingerprint density at radius 3 is 2.83 bits per heavy atom. The second-order valence-corrected chi connectivity index (χ2v) is 6.26. The second-order valence-electron chi connectivity index (χ2n) is 5.40. The van der Waals surface area contributed by atoms with Crippen LogP contribution in [0.3, 0.4) is 0 Å². The molecule has 1 unspecified atom stereocenters. The molecule has 1 saturated carbocycles. The zero-order valence-corrected chi connectivity index (χ0v) is 11.9. The van der Waals surface area contributed by atoms with Crippen molar-refractivity contribution >= 4 is 21.6 Å². The predicted molar refractivity (Wildman–Crippen MR) is 73.0 cm³/mol. The van der Waals surface area contributed by atoms with Crippen LogP contribution in [0.1, 0.15) is 32.0 Å². The summed E-state index contributed by atoms with van der Waals surface area (Å²) in [7, 11) is 0. The lowest BCUT2D eigenvalue weighted by atomic mass is 10.1. The third kappa shape index (κ3) is 1.82. The molecule has 4 nitrogen and oxygen atoms in total. The fourth-order valence-electron chi connectivity index (χ4n) is 2.12. The summed E-state index contributed by atoms with van der Waals surface area (Å²) in [6, 6.07) is 5.68. The molecular weight excluding hydrogens is 294 g/mol. The van der Waals surface area contributed by atoms with Gasteiger partial charge in [-0.25, -0.2) is 0 Å². The van der Waals surface area contributed by atoms with E-state index in [1.54, 1.807) is 0 Å². The van der Waals surface area contributed by atoms with E-state index in [0.29, 0.717) is 22.9 Å². The van der Waals surface area contributed by atoms with Crippen molar-refractivity contribution in [3.63, 3.8) is 0 Å². The second kappa shape index (κ2) is 3.82. The zero-order chi connectivity index (χ0) is 12.9. The van der Waals surface area contributed by atoms with Crippen molar-refractivity contribution in [1.29, 1.82) is 0 Å². The first-order valence-corrected chi connectivity index (χ1v) is 6.66. The number of nitrogen functional groups attached to an aromatic ring is 1. The molecule has 1 aliphatic carbocycles. The molecule has 1 aromatic carbocycles. The maximum absolute atomic E-state index is 5.99. The Bertz CT molecular complexity index is 606. The summed E-state index contributed by atoms with van der Waals surface area (Å²) in [6.07, 6.45) is 1.11. The molecule has 1 aromatic heterocycles. The van der Waals surface area contributed by atoms with Gasteiger partial charge in [0.05, 0.1) is 11.3 Å². The van der Waals surface area contributed by atoms with E-state index in [-0.39, 0.29) is 0 Å². The number of aromatic nitrogens is 2. The molecule has 0 spiro atoms. The number of hydrogen-bond acceptors (Lipinski definition) is 4. The number of benzene rings is 1. The molecule has 0 aliphatic heterocycles. The molecule has 0 bridgehead atoms. The number of hydrogen-bond donors (Lipinski definition) is 1. The van der Waals surface area contributed by atoms with Crippen LogP contribution in [0.25, 0.3) is 11.5 Å². The lowest BCUT2D eigenvalue weighted by molar-refractivity contribution is 0.419. The summed E-state index contributed by atoms with van der Waals surface area (Å²) in [6.45, 7) is 4.42. The third-order valence-electron chi connectivity index (χ3n) is 3.55. The number of nitrogens with zero attached hydrogens (tertiary/aromatic N) is 2. The average molecular weight is 308 g/mol. The van der Waals surface area contributed by atoms with Gasteiger partial charge in [0.2, 0.25) is 0 Å². The largest absolute Gasteiger partial charge is 0.397 e. The molecule has 1 atom stereocenters. The monoisotopic (exact) mass is 307 g/mol. The highest BCUT2D eigenvalue weighted by Crippen LogP contribution is 2.57. The van der Waals surface area contributed by atoms with Crippen molar-refractivity contribution in [3.05, 3.63) is 28.5 Å². The molecule has 18 heavy (non-hydrogen) atoms. The van der Waals surface area contributed by atoms with Crippen molar-refractivity contribution in [2.75, 3.05) is 5.73 Å². The first-order valence-electron chi connectivity index (χ1n) is 5.87. The van der Waals surface area contributed by atoms with Gasteiger partial charge in [-0.15, -0.1) is 0 Å². The number of halogens is 1. The van der Waals surface area contributed by atoms with E-state index < -0.39 is 0 Å². The quantitative estimate of drug-likeness (QED) is 0.861. The fourth-order valence-corrected chi connectivity index (χ4v) is 2.48. The summed E-state index contributed by atoms with van der Waals surface area (Å²) in [5, 5.41) is 4.06. The molecule has 2 aromatic rings. The van der Waals surface area contributed by atoms with Gasteiger partial charge in [0.15, 0.2) is 5.82 Å². The summed E-state index contributed by atoms with van der Waals surface area (Å²) >= 11 is 3.39. The molecule has 0 radical (unpaired) electrons. The summed E-state index contributed by atoms with van der Waals surface area (Å²) in [5.41, 5.74) is 7.70. The molecule has 94 valence electrons. The lowest BCUT2D eigenvalue weighted by Crippen LogP contribution is -1.93. The van der Waals surface area contributed by atoms with Gasteiger partial charge in [0, 0.05) is 10.4 Å². The molecule has 5 heteroatoms. The highest BCUT2D eigenvalue weighted by Gasteiger charge is 2.49. The van der Waals surface area contributed by atoms with Crippen LogP contribution in [0.15, 0.2) is 27.2 Å². The molecule has 2 N–H and O–H groups in total. The van der Waals surface area contributed by atoms with E-state index in [0.717, 1.165) is 22.3 Å². The Kier molecular flexibility index (Phi) is 2.48. The standard InChI is InChI=1S/C13H14BrN3O/c1-13(2)6-8(13)11-16-12(18-17-11)7-4-3-5-9(14)10(7)15/h3-5,8H,6,15H2,1-2H3. The van der Waals surface area contributed by atoms with Crippen LogP contribution in [-0.2, 0) is 0 Å². The maximum atomic E-state index is 5.99. The molecule has 1 aliphatic rings. The Labute approximate surface area is 114 Å². The van der Waals surface area contributed by atoms with Crippen LogP contribution >= 0.6 is 15.9 Å². The normalized spacial score (nSPS) is 20.9. The van der Waals surface area contributed by atoms with Crippen LogP contribution in [0.2, 0.25) is 0 Å². The average Bonchev–Trinajstić information content (AvgIpc) is 2.77. The lowest BCUT2D eigenvalue weighted by Gasteiger charge is -2.01. The van der Waals surface area contributed by atoms with Crippen molar-refractivity contribution < 1.29 is 4.52 Å².